The fourth-order valence-electron chi connectivity index (χ4n) is 4.22. The van der Waals surface area contributed by atoms with E-state index in [4.69, 9.17) is 4.74 Å². The minimum atomic E-state index is -4.81. The fraction of sp³-hybridized carbons (Fsp3) is 0.435. The van der Waals surface area contributed by atoms with Crippen LogP contribution in [0.1, 0.15) is 54.3 Å². The first-order chi connectivity index (χ1) is 16.8. The van der Waals surface area contributed by atoms with Crippen LogP contribution in [0.25, 0.3) is 11.0 Å². The van der Waals surface area contributed by atoms with Gasteiger partial charge in [0.05, 0.1) is 40.6 Å². The molecule has 3 atom stereocenters. The molecule has 0 saturated carbocycles. The van der Waals surface area contributed by atoms with Gasteiger partial charge in [0.25, 0.3) is 11.5 Å². The zero-order chi connectivity index (χ0) is 26.4. The molecule has 0 bridgehead atoms. The van der Waals surface area contributed by atoms with Crippen molar-refractivity contribution in [1.29, 1.82) is 0 Å². The Balaban J connectivity index is 1.63. The number of aryl methyl sites for hydroxylation is 1. The topological polar surface area (TPSA) is 113 Å². The number of carbonyl (C=O) groups is 1. The Morgan fingerprint density at radius 1 is 1.22 bits per heavy atom. The van der Waals surface area contributed by atoms with E-state index in [-0.39, 0.29) is 40.4 Å². The van der Waals surface area contributed by atoms with Crippen LogP contribution in [0.3, 0.4) is 0 Å². The van der Waals surface area contributed by atoms with Crippen LogP contribution >= 0.6 is 0 Å². The van der Waals surface area contributed by atoms with Gasteiger partial charge in [-0.15, -0.1) is 0 Å². The summed E-state index contributed by atoms with van der Waals surface area (Å²) in [7, 11) is 0. The normalized spacial score (nSPS) is 19.4. The number of aromatic nitrogens is 4. The molecule has 2 N–H and O–H groups in total. The van der Waals surface area contributed by atoms with Gasteiger partial charge >= 0.3 is 6.18 Å². The van der Waals surface area contributed by atoms with Crippen molar-refractivity contribution < 1.29 is 27.1 Å². The predicted molar refractivity (Wildman–Crippen MR) is 122 cm³/mol. The second kappa shape index (κ2) is 9.45. The minimum absolute atomic E-state index is 0.000193. The van der Waals surface area contributed by atoms with E-state index in [2.05, 4.69) is 25.3 Å². The number of alkyl halides is 3. The molecule has 1 amide bonds. The number of H-pyrrole nitrogens is 1. The first-order valence-corrected chi connectivity index (χ1v) is 11.2. The minimum Gasteiger partial charge on any atom is -0.372 e. The molecular formula is C23H24F4N6O3. The monoisotopic (exact) mass is 508 g/mol. The molecule has 3 aromatic rings. The second-order valence-corrected chi connectivity index (χ2v) is 8.83. The molecule has 13 heteroatoms. The van der Waals surface area contributed by atoms with Gasteiger partial charge in [0.15, 0.2) is 17.2 Å². The number of ether oxygens (including phenoxy) is 1. The average Bonchev–Trinajstić information content (AvgIpc) is 2.77. The first kappa shape index (κ1) is 25.5. The zero-order valence-electron chi connectivity index (χ0n) is 19.9. The largest absolute Gasteiger partial charge is 0.418 e. The van der Waals surface area contributed by atoms with Crippen LogP contribution in [0.15, 0.2) is 23.1 Å². The third-order valence-corrected chi connectivity index (χ3v) is 5.69. The lowest BCUT2D eigenvalue weighted by Gasteiger charge is -2.35. The van der Waals surface area contributed by atoms with Crippen LogP contribution in [0, 0.1) is 12.7 Å². The van der Waals surface area contributed by atoms with E-state index in [1.165, 1.54) is 18.7 Å². The molecule has 1 aliphatic heterocycles. The molecular weight excluding hydrogens is 484 g/mol. The molecule has 1 aliphatic rings. The summed E-state index contributed by atoms with van der Waals surface area (Å²) in [5.74, 6) is -1.58. The van der Waals surface area contributed by atoms with Crippen LogP contribution in [-0.2, 0) is 10.9 Å². The van der Waals surface area contributed by atoms with Crippen LogP contribution in [-0.4, -0.2) is 56.0 Å². The number of rotatable bonds is 4. The van der Waals surface area contributed by atoms with E-state index in [0.717, 1.165) is 18.3 Å². The molecule has 1 fully saturated rings. The average molecular weight is 508 g/mol. The van der Waals surface area contributed by atoms with E-state index in [1.807, 2.05) is 13.8 Å². The van der Waals surface area contributed by atoms with Crippen molar-refractivity contribution in [3.8, 4) is 0 Å². The standard InChI is InChI=1S/C23H24F4N6O3/c1-10-8-33(9-11(2)36-10)22(35)14-5-16(24)20(28-7-14)29-12(3)18-15(23(25,26)27)6-17-19(32-18)21(34)31-13(4)30-17/h5-7,10-12H,8-9H2,1-4H3,(H,28,29)(H,30,31,34)/t10-,11+,12?. The molecule has 0 spiro atoms. The molecule has 1 unspecified atom stereocenters. The summed E-state index contributed by atoms with van der Waals surface area (Å²) in [5, 5.41) is 2.57. The maximum atomic E-state index is 14.9. The van der Waals surface area contributed by atoms with E-state index < -0.39 is 40.8 Å². The molecule has 192 valence electrons. The number of amides is 1. The summed E-state index contributed by atoms with van der Waals surface area (Å²) < 4.78 is 61.9. The number of aromatic amines is 1. The fourth-order valence-corrected chi connectivity index (χ4v) is 4.22. The van der Waals surface area contributed by atoms with E-state index >= 15 is 0 Å². The molecule has 4 rings (SSSR count). The van der Waals surface area contributed by atoms with Crippen molar-refractivity contribution >= 4 is 22.8 Å². The number of hydrogen-bond donors (Lipinski definition) is 2. The molecule has 1 saturated heterocycles. The summed E-state index contributed by atoms with van der Waals surface area (Å²) in [6.45, 7) is 7.09. The zero-order valence-corrected chi connectivity index (χ0v) is 19.9. The molecule has 0 aromatic carbocycles. The number of anilines is 1. The Morgan fingerprint density at radius 2 is 1.89 bits per heavy atom. The van der Waals surface area contributed by atoms with Crippen molar-refractivity contribution in [2.75, 3.05) is 18.4 Å². The van der Waals surface area contributed by atoms with Crippen molar-refractivity contribution in [3.63, 3.8) is 0 Å². The van der Waals surface area contributed by atoms with Crippen LogP contribution in [0.4, 0.5) is 23.4 Å². The smallest absolute Gasteiger partial charge is 0.372 e. The highest BCUT2D eigenvalue weighted by Crippen LogP contribution is 2.36. The van der Waals surface area contributed by atoms with E-state index in [1.54, 1.807) is 0 Å². The van der Waals surface area contributed by atoms with Gasteiger partial charge in [0.1, 0.15) is 5.82 Å². The van der Waals surface area contributed by atoms with Crippen LogP contribution in [0.2, 0.25) is 0 Å². The number of nitrogens with one attached hydrogen (secondary N) is 2. The Kier molecular flexibility index (Phi) is 6.69. The third kappa shape index (κ3) is 5.15. The van der Waals surface area contributed by atoms with Crippen molar-refractivity contribution in [2.24, 2.45) is 0 Å². The van der Waals surface area contributed by atoms with Gasteiger partial charge in [-0.1, -0.05) is 0 Å². The van der Waals surface area contributed by atoms with E-state index in [9.17, 15) is 27.2 Å². The van der Waals surface area contributed by atoms with Crippen molar-refractivity contribution in [2.45, 2.75) is 52.1 Å². The van der Waals surface area contributed by atoms with Gasteiger partial charge in [-0.2, -0.15) is 13.2 Å². The first-order valence-electron chi connectivity index (χ1n) is 11.2. The Hall–Kier alpha value is -3.61. The molecule has 0 radical (unpaired) electrons. The lowest BCUT2D eigenvalue weighted by atomic mass is 10.1. The highest BCUT2D eigenvalue weighted by Gasteiger charge is 2.37. The number of carbonyl (C=O) groups excluding carboxylic acids is 1. The van der Waals surface area contributed by atoms with Gasteiger partial charge < -0.3 is 19.9 Å². The summed E-state index contributed by atoms with van der Waals surface area (Å²) in [6.07, 6.45) is -4.01. The number of pyridine rings is 2. The summed E-state index contributed by atoms with van der Waals surface area (Å²) in [5.41, 5.74) is -2.82. The van der Waals surface area contributed by atoms with Crippen LogP contribution < -0.4 is 10.9 Å². The number of nitrogens with zero attached hydrogens (tertiary/aromatic N) is 4. The SMILES string of the molecule is Cc1nc2cc(C(F)(F)F)c(C(C)Nc3ncc(C(=O)N4C[C@@H](C)O[C@@H](C)C4)cc3F)nc2c(=O)[nH]1. The maximum Gasteiger partial charge on any atom is 0.418 e. The quantitative estimate of drug-likeness (QED) is 0.518. The van der Waals surface area contributed by atoms with Gasteiger partial charge in [-0.3, -0.25) is 9.59 Å². The summed E-state index contributed by atoms with van der Waals surface area (Å²) in [4.78, 5) is 40.8. The highest BCUT2D eigenvalue weighted by molar-refractivity contribution is 5.94. The predicted octanol–water partition coefficient (Wildman–Crippen LogP) is 3.60. The molecule has 9 nitrogen and oxygen atoms in total. The molecule has 36 heavy (non-hydrogen) atoms. The van der Waals surface area contributed by atoms with Gasteiger partial charge in [-0.05, 0) is 39.8 Å². The van der Waals surface area contributed by atoms with Crippen molar-refractivity contribution in [3.05, 3.63) is 57.1 Å². The number of hydrogen-bond acceptors (Lipinski definition) is 7. The lowest BCUT2D eigenvalue weighted by Crippen LogP contribution is -2.48. The summed E-state index contributed by atoms with van der Waals surface area (Å²) in [6, 6.07) is 0.523. The number of fused-ring (bicyclic) bond motifs is 1. The second-order valence-electron chi connectivity index (χ2n) is 8.83. The third-order valence-electron chi connectivity index (χ3n) is 5.69. The van der Waals surface area contributed by atoms with Gasteiger partial charge in [-0.25, -0.2) is 19.3 Å². The Bertz CT molecular complexity index is 1370. The lowest BCUT2D eigenvalue weighted by molar-refractivity contribution is -0.138. The highest BCUT2D eigenvalue weighted by atomic mass is 19.4. The van der Waals surface area contributed by atoms with Crippen molar-refractivity contribution in [1.82, 2.24) is 24.8 Å². The van der Waals surface area contributed by atoms with Gasteiger partial charge in [0.2, 0.25) is 0 Å². The molecule has 0 aliphatic carbocycles. The summed E-state index contributed by atoms with van der Waals surface area (Å²) >= 11 is 0. The maximum absolute atomic E-state index is 14.9. The number of morpholine rings is 1. The van der Waals surface area contributed by atoms with Crippen LogP contribution in [0.5, 0.6) is 0 Å². The Morgan fingerprint density at radius 3 is 2.50 bits per heavy atom. The molecule has 3 aromatic heterocycles. The number of halogens is 4. The van der Waals surface area contributed by atoms with Gasteiger partial charge in [0, 0.05) is 19.3 Å². The Labute approximate surface area is 202 Å². The van der Waals surface area contributed by atoms with E-state index in [0.29, 0.717) is 13.1 Å². The molecule has 4 heterocycles.